The largest absolute Gasteiger partial charge is 0.355 e. The number of carbonyl (C=O) groups is 1. The summed E-state index contributed by atoms with van der Waals surface area (Å²) in [6, 6.07) is 1.44. The van der Waals surface area contributed by atoms with Crippen LogP contribution in [-0.2, 0) is 4.79 Å². The van der Waals surface area contributed by atoms with Gasteiger partial charge in [-0.3, -0.25) is 14.9 Å². The summed E-state index contributed by atoms with van der Waals surface area (Å²) in [5, 5.41) is 13.7. The summed E-state index contributed by atoms with van der Waals surface area (Å²) in [6.45, 7) is 3.31. The van der Waals surface area contributed by atoms with E-state index in [0.29, 0.717) is 5.56 Å². The molecular formula is C12H16N4O3. The van der Waals surface area contributed by atoms with Gasteiger partial charge in [-0.15, -0.1) is 0 Å². The van der Waals surface area contributed by atoms with E-state index in [1.54, 1.807) is 11.8 Å². The third-order valence-electron chi connectivity index (χ3n) is 3.07. The standard InChI is InChI=1S/C12H16N4O3/c1-9-6-10(16(18)19)12(13-7-9)14-8-11(17)15-4-2-3-5-15/h6-7H,2-5,8H2,1H3,(H,13,14). The molecule has 1 fully saturated rings. The lowest BCUT2D eigenvalue weighted by atomic mass is 10.3. The van der Waals surface area contributed by atoms with E-state index in [9.17, 15) is 14.9 Å². The molecule has 7 heteroatoms. The van der Waals surface area contributed by atoms with Gasteiger partial charge in [0.2, 0.25) is 11.7 Å². The van der Waals surface area contributed by atoms with Gasteiger partial charge in [0.25, 0.3) is 0 Å². The van der Waals surface area contributed by atoms with E-state index >= 15 is 0 Å². The van der Waals surface area contributed by atoms with Crippen LogP contribution < -0.4 is 5.32 Å². The van der Waals surface area contributed by atoms with Crippen LogP contribution in [0, 0.1) is 17.0 Å². The highest BCUT2D eigenvalue weighted by atomic mass is 16.6. The molecule has 0 radical (unpaired) electrons. The number of hydrogen-bond donors (Lipinski definition) is 1. The van der Waals surface area contributed by atoms with Crippen molar-refractivity contribution < 1.29 is 9.72 Å². The summed E-state index contributed by atoms with van der Waals surface area (Å²) < 4.78 is 0. The van der Waals surface area contributed by atoms with Gasteiger partial charge in [-0.1, -0.05) is 0 Å². The summed E-state index contributed by atoms with van der Waals surface area (Å²) >= 11 is 0. The van der Waals surface area contributed by atoms with Gasteiger partial charge in [0.05, 0.1) is 11.5 Å². The van der Waals surface area contributed by atoms with E-state index in [0.717, 1.165) is 25.9 Å². The molecule has 0 atom stereocenters. The molecule has 1 N–H and O–H groups in total. The first-order valence-corrected chi connectivity index (χ1v) is 6.20. The van der Waals surface area contributed by atoms with Crippen molar-refractivity contribution in [1.82, 2.24) is 9.88 Å². The van der Waals surface area contributed by atoms with Gasteiger partial charge in [0, 0.05) is 25.4 Å². The minimum absolute atomic E-state index is 0.0386. The second-order valence-corrected chi connectivity index (χ2v) is 4.58. The number of hydrogen-bond acceptors (Lipinski definition) is 5. The first kappa shape index (κ1) is 13.3. The Bertz CT molecular complexity index is 498. The Morgan fingerprint density at radius 2 is 2.21 bits per heavy atom. The smallest absolute Gasteiger partial charge is 0.311 e. The number of amides is 1. The molecule has 1 aliphatic heterocycles. The van der Waals surface area contributed by atoms with Gasteiger partial charge < -0.3 is 10.2 Å². The van der Waals surface area contributed by atoms with Crippen LogP contribution in [0.25, 0.3) is 0 Å². The number of nitro groups is 1. The molecule has 0 aromatic carbocycles. The van der Waals surface area contributed by atoms with E-state index in [1.807, 2.05) is 0 Å². The average Bonchev–Trinajstić information content (AvgIpc) is 2.90. The number of aromatic nitrogens is 1. The maximum atomic E-state index is 11.8. The minimum Gasteiger partial charge on any atom is -0.355 e. The second-order valence-electron chi connectivity index (χ2n) is 4.58. The lowest BCUT2D eigenvalue weighted by Crippen LogP contribution is -2.33. The maximum absolute atomic E-state index is 11.8. The van der Waals surface area contributed by atoms with Gasteiger partial charge >= 0.3 is 5.69 Å². The van der Waals surface area contributed by atoms with E-state index in [1.165, 1.54) is 12.3 Å². The van der Waals surface area contributed by atoms with Crippen molar-refractivity contribution in [2.45, 2.75) is 19.8 Å². The Morgan fingerprint density at radius 1 is 1.53 bits per heavy atom. The van der Waals surface area contributed by atoms with Gasteiger partial charge in [0.1, 0.15) is 0 Å². The highest BCUT2D eigenvalue weighted by Gasteiger charge is 2.20. The summed E-state index contributed by atoms with van der Waals surface area (Å²) in [5.74, 6) is 0.0947. The summed E-state index contributed by atoms with van der Waals surface area (Å²) in [5.41, 5.74) is 0.609. The molecule has 0 unspecified atom stereocenters. The Kier molecular flexibility index (Phi) is 3.94. The first-order valence-electron chi connectivity index (χ1n) is 6.20. The number of pyridine rings is 1. The number of nitrogens with one attached hydrogen (secondary N) is 1. The molecule has 0 saturated carbocycles. The maximum Gasteiger partial charge on any atom is 0.311 e. The van der Waals surface area contributed by atoms with E-state index in [4.69, 9.17) is 0 Å². The highest BCUT2D eigenvalue weighted by molar-refractivity contribution is 5.81. The Balaban J connectivity index is 2.02. The molecular weight excluding hydrogens is 248 g/mol. The number of anilines is 1. The molecule has 1 amide bonds. The van der Waals surface area contributed by atoms with Crippen molar-refractivity contribution in [3.8, 4) is 0 Å². The number of rotatable bonds is 4. The number of nitrogens with zero attached hydrogens (tertiary/aromatic N) is 3. The number of aryl methyl sites for hydroxylation is 1. The Labute approximate surface area is 110 Å². The van der Waals surface area contributed by atoms with Crippen LogP contribution in [0.4, 0.5) is 11.5 Å². The van der Waals surface area contributed by atoms with Gasteiger partial charge in [-0.2, -0.15) is 0 Å². The van der Waals surface area contributed by atoms with Crippen LogP contribution in [0.5, 0.6) is 0 Å². The fourth-order valence-electron chi connectivity index (χ4n) is 2.07. The summed E-state index contributed by atoms with van der Waals surface area (Å²) in [4.78, 5) is 28.0. The van der Waals surface area contributed by atoms with Gasteiger partial charge in [0.15, 0.2) is 0 Å². The zero-order valence-electron chi connectivity index (χ0n) is 10.8. The quantitative estimate of drug-likeness (QED) is 0.654. The topological polar surface area (TPSA) is 88.4 Å². The predicted molar refractivity (Wildman–Crippen MR) is 69.9 cm³/mol. The molecule has 2 rings (SSSR count). The molecule has 0 spiro atoms. The Hall–Kier alpha value is -2.18. The SMILES string of the molecule is Cc1cnc(NCC(=O)N2CCCC2)c([N+](=O)[O-])c1. The molecule has 1 aromatic heterocycles. The van der Waals surface area contributed by atoms with Crippen LogP contribution in [-0.4, -0.2) is 40.3 Å². The van der Waals surface area contributed by atoms with E-state index in [-0.39, 0.29) is 24.0 Å². The van der Waals surface area contributed by atoms with E-state index in [2.05, 4.69) is 10.3 Å². The van der Waals surface area contributed by atoms with Crippen LogP contribution in [0.2, 0.25) is 0 Å². The van der Waals surface area contributed by atoms with Crippen molar-refractivity contribution in [2.75, 3.05) is 25.0 Å². The molecule has 102 valence electrons. The fourth-order valence-corrected chi connectivity index (χ4v) is 2.07. The average molecular weight is 264 g/mol. The number of carbonyl (C=O) groups excluding carboxylic acids is 1. The summed E-state index contributed by atoms with van der Waals surface area (Å²) in [7, 11) is 0. The van der Waals surface area contributed by atoms with Crippen LogP contribution >= 0.6 is 0 Å². The van der Waals surface area contributed by atoms with Gasteiger partial charge in [-0.25, -0.2) is 4.98 Å². The molecule has 0 aliphatic carbocycles. The molecule has 1 aliphatic rings. The molecule has 7 nitrogen and oxygen atoms in total. The van der Waals surface area contributed by atoms with E-state index < -0.39 is 4.92 Å². The fraction of sp³-hybridized carbons (Fsp3) is 0.500. The zero-order chi connectivity index (χ0) is 13.8. The molecule has 2 heterocycles. The lowest BCUT2D eigenvalue weighted by Gasteiger charge is -2.15. The lowest BCUT2D eigenvalue weighted by molar-refractivity contribution is -0.384. The number of likely N-dealkylation sites (tertiary alicyclic amines) is 1. The predicted octanol–water partition coefficient (Wildman–Crippen LogP) is 1.33. The second kappa shape index (κ2) is 5.64. The molecule has 19 heavy (non-hydrogen) atoms. The monoisotopic (exact) mass is 264 g/mol. The van der Waals surface area contributed by atoms with Crippen LogP contribution in [0.1, 0.15) is 18.4 Å². The van der Waals surface area contributed by atoms with Crippen LogP contribution in [0.3, 0.4) is 0 Å². The molecule has 0 bridgehead atoms. The third-order valence-corrected chi connectivity index (χ3v) is 3.07. The molecule has 1 aromatic rings. The third kappa shape index (κ3) is 3.18. The van der Waals surface area contributed by atoms with Crippen molar-refractivity contribution in [3.63, 3.8) is 0 Å². The normalized spacial score (nSPS) is 14.5. The van der Waals surface area contributed by atoms with Crippen molar-refractivity contribution in [3.05, 3.63) is 27.9 Å². The van der Waals surface area contributed by atoms with Gasteiger partial charge in [-0.05, 0) is 25.3 Å². The first-order chi connectivity index (χ1) is 9.08. The van der Waals surface area contributed by atoms with Crippen molar-refractivity contribution >= 4 is 17.4 Å². The summed E-state index contributed by atoms with van der Waals surface area (Å²) in [6.07, 6.45) is 3.58. The molecule has 1 saturated heterocycles. The highest BCUT2D eigenvalue weighted by Crippen LogP contribution is 2.22. The zero-order valence-corrected chi connectivity index (χ0v) is 10.8. The minimum atomic E-state index is -0.497. The van der Waals surface area contributed by atoms with Crippen molar-refractivity contribution in [1.29, 1.82) is 0 Å². The van der Waals surface area contributed by atoms with Crippen molar-refractivity contribution in [2.24, 2.45) is 0 Å². The van der Waals surface area contributed by atoms with Crippen LogP contribution in [0.15, 0.2) is 12.3 Å². The Morgan fingerprint density at radius 3 is 2.84 bits per heavy atom.